The highest BCUT2D eigenvalue weighted by molar-refractivity contribution is 7.90. The summed E-state index contributed by atoms with van der Waals surface area (Å²) in [6.45, 7) is 0.998. The van der Waals surface area contributed by atoms with Crippen LogP contribution in [0.25, 0.3) is 0 Å². The van der Waals surface area contributed by atoms with Gasteiger partial charge in [0.15, 0.2) is 9.84 Å². The molecule has 0 bridgehead atoms. The van der Waals surface area contributed by atoms with Crippen molar-refractivity contribution in [3.8, 4) is 0 Å². The highest BCUT2D eigenvalue weighted by atomic mass is 32.2. The minimum atomic E-state index is -3.05. The van der Waals surface area contributed by atoms with E-state index in [1.165, 1.54) is 6.26 Å². The predicted octanol–water partition coefficient (Wildman–Crippen LogP) is 0.734. The summed E-state index contributed by atoms with van der Waals surface area (Å²) < 4.78 is 22.2. The molecule has 1 aromatic rings. The average molecular weight is 197 g/mol. The Bertz CT molecular complexity index is 404. The maximum Gasteiger partial charge on any atom is 0.175 e. The number of hydrogen-bond acceptors (Lipinski definition) is 3. The molecule has 0 saturated carbocycles. The summed E-state index contributed by atoms with van der Waals surface area (Å²) in [6, 6.07) is 7.48. The summed E-state index contributed by atoms with van der Waals surface area (Å²) in [7, 11) is -3.05. The summed E-state index contributed by atoms with van der Waals surface area (Å²) in [5.74, 6) is 0. The number of rotatable bonds is 2. The molecule has 0 aromatic heterocycles. The van der Waals surface area contributed by atoms with Gasteiger partial charge >= 0.3 is 0 Å². The van der Waals surface area contributed by atoms with Crippen LogP contribution in [0.15, 0.2) is 29.2 Å². The van der Waals surface area contributed by atoms with E-state index >= 15 is 0 Å². The second kappa shape index (κ2) is 2.82. The smallest absolute Gasteiger partial charge is 0.175 e. The number of benzene rings is 1. The maximum absolute atomic E-state index is 11.1. The first-order valence-corrected chi connectivity index (χ1v) is 6.00. The van der Waals surface area contributed by atoms with E-state index in [1.54, 1.807) is 12.1 Å². The zero-order valence-electron chi connectivity index (χ0n) is 7.32. The van der Waals surface area contributed by atoms with Crippen molar-refractivity contribution < 1.29 is 8.42 Å². The highest BCUT2D eigenvalue weighted by Gasteiger charge is 2.22. The topological polar surface area (TPSA) is 56.1 Å². The Kier molecular flexibility index (Phi) is 1.89. The summed E-state index contributed by atoms with van der Waals surface area (Å²) >= 11 is 0. The molecule has 0 aliphatic carbocycles. The van der Waals surface area contributed by atoms with Crippen LogP contribution < -0.4 is 5.32 Å². The zero-order chi connectivity index (χ0) is 9.47. The van der Waals surface area contributed by atoms with Gasteiger partial charge < -0.3 is 5.32 Å². The largest absolute Gasteiger partial charge is 0.307 e. The van der Waals surface area contributed by atoms with E-state index in [1.807, 2.05) is 12.1 Å². The monoisotopic (exact) mass is 197 g/mol. The maximum atomic E-state index is 11.1. The van der Waals surface area contributed by atoms with Gasteiger partial charge in [0, 0.05) is 18.8 Å². The number of hydrogen-bond donors (Lipinski definition) is 1. The average Bonchev–Trinajstić information content (AvgIpc) is 2.85. The SMILES string of the molecule is CS(=O)(=O)c1ccc([C@H]2CN2)cc1. The molecule has 1 heterocycles. The van der Waals surface area contributed by atoms with Gasteiger partial charge in [-0.1, -0.05) is 12.1 Å². The van der Waals surface area contributed by atoms with Crippen LogP contribution in [0.1, 0.15) is 11.6 Å². The van der Waals surface area contributed by atoms with Gasteiger partial charge in [-0.05, 0) is 17.7 Å². The molecule has 2 rings (SSSR count). The Labute approximate surface area is 77.7 Å². The molecule has 0 amide bonds. The third-order valence-corrected chi connectivity index (χ3v) is 3.25. The van der Waals surface area contributed by atoms with Crippen molar-refractivity contribution in [3.63, 3.8) is 0 Å². The lowest BCUT2D eigenvalue weighted by Crippen LogP contribution is -1.96. The summed E-state index contributed by atoms with van der Waals surface area (Å²) in [6.07, 6.45) is 1.22. The van der Waals surface area contributed by atoms with Crippen LogP contribution in [0, 0.1) is 0 Å². The fraction of sp³-hybridized carbons (Fsp3) is 0.333. The quantitative estimate of drug-likeness (QED) is 0.711. The Balaban J connectivity index is 2.33. The van der Waals surface area contributed by atoms with Crippen LogP contribution in [0.5, 0.6) is 0 Å². The van der Waals surface area contributed by atoms with E-state index in [-0.39, 0.29) is 0 Å². The molecule has 1 aliphatic heterocycles. The Morgan fingerprint density at radius 1 is 1.31 bits per heavy atom. The van der Waals surface area contributed by atoms with Crippen molar-refractivity contribution in [1.82, 2.24) is 5.32 Å². The second-order valence-electron chi connectivity index (χ2n) is 3.30. The standard InChI is InChI=1S/C9H11NO2S/c1-13(11,12)8-4-2-7(3-5-8)9-6-10-9/h2-5,9-10H,6H2,1H3/t9-/m1/s1. The first kappa shape index (κ1) is 8.72. The molecule has 1 saturated heterocycles. The molecule has 1 aliphatic rings. The molecule has 0 unspecified atom stereocenters. The van der Waals surface area contributed by atoms with Gasteiger partial charge in [0.25, 0.3) is 0 Å². The third-order valence-electron chi connectivity index (χ3n) is 2.12. The van der Waals surface area contributed by atoms with E-state index < -0.39 is 9.84 Å². The second-order valence-corrected chi connectivity index (χ2v) is 5.32. The van der Waals surface area contributed by atoms with E-state index in [9.17, 15) is 8.42 Å². The van der Waals surface area contributed by atoms with Crippen LogP contribution >= 0.6 is 0 Å². The van der Waals surface area contributed by atoms with E-state index in [0.29, 0.717) is 10.9 Å². The highest BCUT2D eigenvalue weighted by Crippen LogP contribution is 2.22. The molecule has 0 spiro atoms. The van der Waals surface area contributed by atoms with Crippen LogP contribution in [-0.2, 0) is 9.84 Å². The first-order chi connectivity index (χ1) is 6.07. The Morgan fingerprint density at radius 2 is 1.85 bits per heavy atom. The molecule has 1 aromatic carbocycles. The van der Waals surface area contributed by atoms with Crippen molar-refractivity contribution >= 4 is 9.84 Å². The van der Waals surface area contributed by atoms with Gasteiger partial charge in [-0.15, -0.1) is 0 Å². The van der Waals surface area contributed by atoms with E-state index in [4.69, 9.17) is 0 Å². The van der Waals surface area contributed by atoms with Crippen molar-refractivity contribution in [2.75, 3.05) is 12.8 Å². The minimum absolute atomic E-state index is 0.386. The molecule has 1 atom stereocenters. The Morgan fingerprint density at radius 3 is 2.23 bits per heavy atom. The summed E-state index contributed by atoms with van der Waals surface area (Å²) in [5, 5.41) is 3.16. The normalized spacial score (nSPS) is 21.5. The molecular formula is C9H11NO2S. The fourth-order valence-corrected chi connectivity index (χ4v) is 1.87. The lowest BCUT2D eigenvalue weighted by molar-refractivity contribution is 0.602. The van der Waals surface area contributed by atoms with Crippen molar-refractivity contribution in [3.05, 3.63) is 29.8 Å². The molecule has 13 heavy (non-hydrogen) atoms. The fourth-order valence-electron chi connectivity index (χ4n) is 1.24. The molecule has 1 fully saturated rings. The van der Waals surface area contributed by atoms with Crippen LogP contribution in [0.4, 0.5) is 0 Å². The van der Waals surface area contributed by atoms with Crippen molar-refractivity contribution in [2.45, 2.75) is 10.9 Å². The Hall–Kier alpha value is -0.870. The van der Waals surface area contributed by atoms with Crippen LogP contribution in [0.3, 0.4) is 0 Å². The van der Waals surface area contributed by atoms with Crippen LogP contribution in [-0.4, -0.2) is 21.2 Å². The lowest BCUT2D eigenvalue weighted by atomic mass is 10.2. The van der Waals surface area contributed by atoms with Crippen molar-refractivity contribution in [2.24, 2.45) is 0 Å². The minimum Gasteiger partial charge on any atom is -0.307 e. The van der Waals surface area contributed by atoms with Gasteiger partial charge in [-0.2, -0.15) is 0 Å². The first-order valence-electron chi connectivity index (χ1n) is 4.11. The number of nitrogens with one attached hydrogen (secondary N) is 1. The molecule has 70 valence electrons. The number of sulfone groups is 1. The lowest BCUT2D eigenvalue weighted by Gasteiger charge is -1.99. The zero-order valence-corrected chi connectivity index (χ0v) is 8.14. The third kappa shape index (κ3) is 1.89. The van der Waals surface area contributed by atoms with Gasteiger partial charge in [-0.25, -0.2) is 8.42 Å². The van der Waals surface area contributed by atoms with Crippen molar-refractivity contribution in [1.29, 1.82) is 0 Å². The van der Waals surface area contributed by atoms with E-state index in [0.717, 1.165) is 12.1 Å². The molecule has 1 N–H and O–H groups in total. The summed E-state index contributed by atoms with van der Waals surface area (Å²) in [5.41, 5.74) is 1.16. The van der Waals surface area contributed by atoms with Gasteiger partial charge in [-0.3, -0.25) is 0 Å². The molecule has 4 heteroatoms. The molecular weight excluding hydrogens is 186 g/mol. The van der Waals surface area contributed by atoms with E-state index in [2.05, 4.69) is 5.32 Å². The van der Waals surface area contributed by atoms with Crippen LogP contribution in [0.2, 0.25) is 0 Å². The molecule has 3 nitrogen and oxygen atoms in total. The predicted molar refractivity (Wildman–Crippen MR) is 50.3 cm³/mol. The van der Waals surface area contributed by atoms with Gasteiger partial charge in [0.2, 0.25) is 0 Å². The summed E-state index contributed by atoms with van der Waals surface area (Å²) in [4.78, 5) is 0.386. The molecule has 0 radical (unpaired) electrons. The van der Waals surface area contributed by atoms with Gasteiger partial charge in [0.1, 0.15) is 0 Å². The van der Waals surface area contributed by atoms with Gasteiger partial charge in [0.05, 0.1) is 4.90 Å².